The summed E-state index contributed by atoms with van der Waals surface area (Å²) in [7, 11) is 0. The second-order valence-corrected chi connectivity index (χ2v) is 3.52. The highest BCUT2D eigenvalue weighted by Crippen LogP contribution is 2.14. The summed E-state index contributed by atoms with van der Waals surface area (Å²) in [4.78, 5) is 10.3. The monoisotopic (exact) mass is 193 g/mol. The quantitative estimate of drug-likeness (QED) is 0.720. The molecule has 0 aromatic heterocycles. The number of hydrogen-bond acceptors (Lipinski definition) is 2. The molecule has 0 heterocycles. The maximum Gasteiger partial charge on any atom is 0.110 e. The Bertz CT molecular complexity index is 306. The molecule has 0 fully saturated rings. The molecule has 0 aliphatic rings. The number of hydrogen-bond donors (Lipinski definition) is 1. The third-order valence-electron chi connectivity index (χ3n) is 2.25. The second kappa shape index (κ2) is 4.77. The van der Waals surface area contributed by atoms with Gasteiger partial charge >= 0.3 is 0 Å². The van der Waals surface area contributed by atoms with Crippen molar-refractivity contribution in [1.82, 2.24) is 0 Å². The van der Waals surface area contributed by atoms with E-state index < -0.39 is 5.97 Å². The third kappa shape index (κ3) is 3.18. The highest BCUT2D eigenvalue weighted by atomic mass is 16.4. The molecule has 1 atom stereocenters. The summed E-state index contributed by atoms with van der Waals surface area (Å²) in [5, 5.41) is 10.3. The Morgan fingerprint density at radius 3 is 2.50 bits per heavy atom. The van der Waals surface area contributed by atoms with Gasteiger partial charge in [-0.05, 0) is 13.3 Å². The fourth-order valence-electron chi connectivity index (χ4n) is 1.30. The molecule has 3 nitrogen and oxygen atoms in total. The summed E-state index contributed by atoms with van der Waals surface area (Å²) in [5.74, 6) is -1.01. The van der Waals surface area contributed by atoms with Gasteiger partial charge in [-0.1, -0.05) is 29.8 Å². The first kappa shape index (κ1) is 10.7. The number of carbonyl (C=O) groups is 1. The minimum Gasteiger partial charge on any atom is -0.550 e. The predicted molar refractivity (Wildman–Crippen MR) is 51.0 cm³/mol. The van der Waals surface area contributed by atoms with Crippen LogP contribution in [-0.4, -0.2) is 5.97 Å². The van der Waals surface area contributed by atoms with E-state index in [0.717, 1.165) is 5.56 Å². The zero-order valence-corrected chi connectivity index (χ0v) is 8.32. The van der Waals surface area contributed by atoms with Gasteiger partial charge in [-0.15, -0.1) is 0 Å². The van der Waals surface area contributed by atoms with Gasteiger partial charge in [0.15, 0.2) is 0 Å². The SMILES string of the molecule is Cc1ccc([C@H]([NH3+])CCC(=O)[O-])cc1. The van der Waals surface area contributed by atoms with Crippen LogP contribution in [0.15, 0.2) is 24.3 Å². The Labute approximate surface area is 83.6 Å². The van der Waals surface area contributed by atoms with E-state index in [1.807, 2.05) is 31.2 Å². The molecule has 1 aromatic rings. The van der Waals surface area contributed by atoms with Gasteiger partial charge in [0.1, 0.15) is 6.04 Å². The smallest absolute Gasteiger partial charge is 0.110 e. The molecule has 14 heavy (non-hydrogen) atoms. The summed E-state index contributed by atoms with van der Waals surface area (Å²) in [5.41, 5.74) is 6.19. The van der Waals surface area contributed by atoms with Gasteiger partial charge in [-0.2, -0.15) is 0 Å². The molecule has 0 aliphatic heterocycles. The van der Waals surface area contributed by atoms with Crippen molar-refractivity contribution in [2.75, 3.05) is 0 Å². The van der Waals surface area contributed by atoms with E-state index >= 15 is 0 Å². The summed E-state index contributed by atoms with van der Waals surface area (Å²) >= 11 is 0. The van der Waals surface area contributed by atoms with E-state index in [9.17, 15) is 9.90 Å². The molecule has 3 N–H and O–H groups in total. The number of aliphatic carboxylic acids is 1. The molecule has 0 bridgehead atoms. The van der Waals surface area contributed by atoms with Crippen molar-refractivity contribution >= 4 is 5.97 Å². The van der Waals surface area contributed by atoms with Gasteiger partial charge in [0.05, 0.1) is 0 Å². The lowest BCUT2D eigenvalue weighted by Crippen LogP contribution is -2.53. The molecule has 1 aromatic carbocycles. The van der Waals surface area contributed by atoms with Gasteiger partial charge in [0.25, 0.3) is 0 Å². The maximum absolute atomic E-state index is 10.3. The normalized spacial score (nSPS) is 12.4. The van der Waals surface area contributed by atoms with Crippen LogP contribution < -0.4 is 10.8 Å². The van der Waals surface area contributed by atoms with E-state index in [1.165, 1.54) is 5.56 Å². The van der Waals surface area contributed by atoms with Crippen molar-refractivity contribution in [2.45, 2.75) is 25.8 Å². The van der Waals surface area contributed by atoms with Gasteiger partial charge in [0, 0.05) is 18.0 Å². The average molecular weight is 193 g/mol. The first-order valence-electron chi connectivity index (χ1n) is 4.69. The lowest BCUT2D eigenvalue weighted by molar-refractivity contribution is -0.428. The standard InChI is InChI=1S/C11H15NO2/c1-8-2-4-9(5-3-8)10(12)6-7-11(13)14/h2-5,10H,6-7,12H2,1H3,(H,13,14)/t10-/m1/s1. The topological polar surface area (TPSA) is 67.8 Å². The third-order valence-corrected chi connectivity index (χ3v) is 2.25. The Morgan fingerprint density at radius 1 is 1.43 bits per heavy atom. The Hall–Kier alpha value is -1.35. The number of carbonyl (C=O) groups excluding carboxylic acids is 1. The molecule has 0 radical (unpaired) electrons. The average Bonchev–Trinajstić information content (AvgIpc) is 2.15. The first-order chi connectivity index (χ1) is 6.59. The molecule has 0 unspecified atom stereocenters. The maximum atomic E-state index is 10.3. The van der Waals surface area contributed by atoms with Crippen molar-refractivity contribution in [3.05, 3.63) is 35.4 Å². The highest BCUT2D eigenvalue weighted by molar-refractivity contribution is 5.64. The summed E-state index contributed by atoms with van der Waals surface area (Å²) in [6.45, 7) is 2.02. The van der Waals surface area contributed by atoms with Crippen molar-refractivity contribution in [2.24, 2.45) is 0 Å². The lowest BCUT2D eigenvalue weighted by atomic mass is 10.0. The molecule has 0 saturated heterocycles. The Balaban J connectivity index is 2.56. The second-order valence-electron chi connectivity index (χ2n) is 3.52. The fraction of sp³-hybridized carbons (Fsp3) is 0.364. The minimum absolute atomic E-state index is 0.0356. The van der Waals surface area contributed by atoms with Gasteiger partial charge in [0.2, 0.25) is 0 Å². The van der Waals surface area contributed by atoms with Gasteiger partial charge in [-0.25, -0.2) is 0 Å². The molecule has 1 rings (SSSR count). The molecule has 0 spiro atoms. The first-order valence-corrected chi connectivity index (χ1v) is 4.69. The summed E-state index contributed by atoms with van der Waals surface area (Å²) in [6, 6.07) is 8.03. The number of rotatable bonds is 4. The van der Waals surface area contributed by atoms with Crippen LogP contribution >= 0.6 is 0 Å². The minimum atomic E-state index is -1.01. The largest absolute Gasteiger partial charge is 0.550 e. The Kier molecular flexibility index (Phi) is 3.65. The van der Waals surface area contributed by atoms with E-state index in [0.29, 0.717) is 6.42 Å². The molecule has 0 saturated carbocycles. The highest BCUT2D eigenvalue weighted by Gasteiger charge is 2.08. The van der Waals surface area contributed by atoms with E-state index in [4.69, 9.17) is 0 Å². The van der Waals surface area contributed by atoms with Gasteiger partial charge < -0.3 is 15.6 Å². The number of carboxylic acid groups (broad SMARTS) is 1. The van der Waals surface area contributed by atoms with Crippen LogP contribution in [0, 0.1) is 6.92 Å². The van der Waals surface area contributed by atoms with E-state index in [1.54, 1.807) is 0 Å². The molecular weight excluding hydrogens is 178 g/mol. The summed E-state index contributed by atoms with van der Waals surface area (Å²) in [6.07, 6.45) is 0.605. The number of aryl methyl sites for hydroxylation is 1. The molecule has 3 heteroatoms. The van der Waals surface area contributed by atoms with Gasteiger partial charge in [-0.3, -0.25) is 0 Å². The van der Waals surface area contributed by atoms with Crippen LogP contribution in [0.3, 0.4) is 0 Å². The van der Waals surface area contributed by atoms with Crippen molar-refractivity contribution in [1.29, 1.82) is 0 Å². The molecule has 0 amide bonds. The number of carboxylic acids is 1. The van der Waals surface area contributed by atoms with Crippen molar-refractivity contribution in [3.8, 4) is 0 Å². The van der Waals surface area contributed by atoms with Crippen LogP contribution in [0.1, 0.15) is 30.0 Å². The van der Waals surface area contributed by atoms with Crippen molar-refractivity contribution < 1.29 is 15.6 Å². The van der Waals surface area contributed by atoms with E-state index in [2.05, 4.69) is 5.73 Å². The molecule has 76 valence electrons. The zero-order valence-electron chi connectivity index (χ0n) is 8.32. The summed E-state index contributed by atoms with van der Waals surface area (Å²) < 4.78 is 0. The number of quaternary nitrogens is 1. The van der Waals surface area contributed by atoms with E-state index in [-0.39, 0.29) is 12.5 Å². The lowest BCUT2D eigenvalue weighted by Gasteiger charge is -2.09. The number of benzene rings is 1. The van der Waals surface area contributed by atoms with Crippen LogP contribution in [0.4, 0.5) is 0 Å². The van der Waals surface area contributed by atoms with Crippen LogP contribution in [-0.2, 0) is 4.79 Å². The van der Waals surface area contributed by atoms with Crippen LogP contribution in [0.2, 0.25) is 0 Å². The molecular formula is C11H15NO2. The van der Waals surface area contributed by atoms with Crippen molar-refractivity contribution in [3.63, 3.8) is 0 Å². The predicted octanol–water partition coefficient (Wildman–Crippen LogP) is -0.192. The zero-order chi connectivity index (χ0) is 10.6. The van der Waals surface area contributed by atoms with Crippen LogP contribution in [0.25, 0.3) is 0 Å². The molecule has 0 aliphatic carbocycles. The fourth-order valence-corrected chi connectivity index (χ4v) is 1.30. The Morgan fingerprint density at radius 2 is 2.00 bits per heavy atom. The van der Waals surface area contributed by atoms with Crippen LogP contribution in [0.5, 0.6) is 0 Å².